The molecule has 0 aliphatic heterocycles. The van der Waals surface area contributed by atoms with E-state index < -0.39 is 0 Å². The van der Waals surface area contributed by atoms with E-state index in [2.05, 4.69) is 48.6 Å². The summed E-state index contributed by atoms with van der Waals surface area (Å²) in [6.07, 6.45) is 5.32. The summed E-state index contributed by atoms with van der Waals surface area (Å²) < 4.78 is 1.03. The van der Waals surface area contributed by atoms with E-state index in [1.54, 1.807) is 0 Å². The average Bonchev–Trinajstić information content (AvgIpc) is 2.03. The van der Waals surface area contributed by atoms with Gasteiger partial charge in [-0.15, -0.1) is 0 Å². The first-order valence-electron chi connectivity index (χ1n) is 5.52. The van der Waals surface area contributed by atoms with Gasteiger partial charge in [-0.1, -0.05) is 62.5 Å². The minimum Gasteiger partial charge on any atom is -0.312 e. The second-order valence-corrected chi connectivity index (χ2v) is 5.86. The fraction of sp³-hybridized carbons (Fsp3) is 0.833. The second-order valence-electron chi connectivity index (χ2n) is 4.74. The van der Waals surface area contributed by atoms with Crippen LogP contribution in [0.25, 0.3) is 0 Å². The zero-order valence-electron chi connectivity index (χ0n) is 9.83. The third kappa shape index (κ3) is 8.76. The van der Waals surface area contributed by atoms with E-state index in [1.807, 2.05) is 0 Å². The van der Waals surface area contributed by atoms with Crippen molar-refractivity contribution >= 4 is 15.9 Å². The van der Waals surface area contributed by atoms with Crippen molar-refractivity contribution in [2.75, 3.05) is 13.1 Å². The Morgan fingerprint density at radius 1 is 1.36 bits per heavy atom. The Bertz CT molecular complexity index is 164. The molecule has 2 heteroatoms. The van der Waals surface area contributed by atoms with Crippen LogP contribution in [0.3, 0.4) is 0 Å². The van der Waals surface area contributed by atoms with Crippen molar-refractivity contribution in [3.8, 4) is 0 Å². The standard InChI is InChI=1S/C12H24BrN/c1-5-6-7-8-12(3,4)10-14-9-11(2)13/h14H,2,5-10H2,1,3-4H3. The molecule has 0 radical (unpaired) electrons. The zero-order chi connectivity index (χ0) is 11.0. The lowest BCUT2D eigenvalue weighted by Crippen LogP contribution is -2.30. The lowest BCUT2D eigenvalue weighted by atomic mass is 9.87. The molecule has 0 aliphatic rings. The molecule has 0 rings (SSSR count). The quantitative estimate of drug-likeness (QED) is 0.649. The topological polar surface area (TPSA) is 12.0 Å². The summed E-state index contributed by atoms with van der Waals surface area (Å²) in [6, 6.07) is 0. The number of hydrogen-bond acceptors (Lipinski definition) is 1. The van der Waals surface area contributed by atoms with Crippen LogP contribution >= 0.6 is 15.9 Å². The van der Waals surface area contributed by atoms with Crippen LogP contribution in [0.2, 0.25) is 0 Å². The van der Waals surface area contributed by atoms with Gasteiger partial charge in [0.2, 0.25) is 0 Å². The summed E-state index contributed by atoms with van der Waals surface area (Å²) in [7, 11) is 0. The maximum atomic E-state index is 3.80. The Kier molecular flexibility index (Phi) is 7.56. The first-order valence-corrected chi connectivity index (χ1v) is 6.31. The van der Waals surface area contributed by atoms with Crippen molar-refractivity contribution in [2.45, 2.75) is 46.5 Å². The SMILES string of the molecule is C=C(Br)CNCC(C)(C)CCCCC. The van der Waals surface area contributed by atoms with Gasteiger partial charge in [0.15, 0.2) is 0 Å². The number of nitrogens with one attached hydrogen (secondary N) is 1. The van der Waals surface area contributed by atoms with Gasteiger partial charge in [0, 0.05) is 17.6 Å². The molecule has 0 aliphatic carbocycles. The van der Waals surface area contributed by atoms with E-state index in [1.165, 1.54) is 25.7 Å². The first-order chi connectivity index (χ1) is 6.48. The van der Waals surface area contributed by atoms with Crippen LogP contribution in [-0.2, 0) is 0 Å². The highest BCUT2D eigenvalue weighted by atomic mass is 79.9. The highest BCUT2D eigenvalue weighted by Crippen LogP contribution is 2.22. The zero-order valence-corrected chi connectivity index (χ0v) is 11.4. The Balaban J connectivity index is 3.55. The largest absolute Gasteiger partial charge is 0.312 e. The summed E-state index contributed by atoms with van der Waals surface area (Å²) in [5, 5.41) is 3.41. The van der Waals surface area contributed by atoms with E-state index >= 15 is 0 Å². The second kappa shape index (κ2) is 7.47. The van der Waals surface area contributed by atoms with E-state index in [0.717, 1.165) is 17.6 Å². The third-order valence-electron chi connectivity index (χ3n) is 2.38. The van der Waals surface area contributed by atoms with Crippen LogP contribution in [0.4, 0.5) is 0 Å². The summed E-state index contributed by atoms with van der Waals surface area (Å²) in [4.78, 5) is 0. The highest BCUT2D eigenvalue weighted by Gasteiger charge is 2.16. The van der Waals surface area contributed by atoms with Crippen molar-refractivity contribution in [1.29, 1.82) is 0 Å². The van der Waals surface area contributed by atoms with Crippen LogP contribution in [0, 0.1) is 5.41 Å². The molecule has 84 valence electrons. The molecule has 0 spiro atoms. The molecule has 0 fully saturated rings. The van der Waals surface area contributed by atoms with E-state index in [4.69, 9.17) is 0 Å². The molecule has 1 N–H and O–H groups in total. The maximum Gasteiger partial charge on any atom is 0.0265 e. The van der Waals surface area contributed by atoms with Crippen LogP contribution in [0.15, 0.2) is 11.1 Å². The molecular formula is C12H24BrN. The maximum absolute atomic E-state index is 3.80. The minimum atomic E-state index is 0.414. The first kappa shape index (κ1) is 14.2. The van der Waals surface area contributed by atoms with Gasteiger partial charge in [-0.25, -0.2) is 0 Å². The fourth-order valence-electron chi connectivity index (χ4n) is 1.48. The predicted molar refractivity (Wildman–Crippen MR) is 68.9 cm³/mol. The molecule has 14 heavy (non-hydrogen) atoms. The molecule has 0 amide bonds. The summed E-state index contributed by atoms with van der Waals surface area (Å²) in [6.45, 7) is 12.6. The molecule has 0 bridgehead atoms. The van der Waals surface area contributed by atoms with Gasteiger partial charge in [0.25, 0.3) is 0 Å². The van der Waals surface area contributed by atoms with Gasteiger partial charge in [-0.3, -0.25) is 0 Å². The average molecular weight is 262 g/mol. The van der Waals surface area contributed by atoms with Crippen LogP contribution in [-0.4, -0.2) is 13.1 Å². The number of hydrogen-bond donors (Lipinski definition) is 1. The lowest BCUT2D eigenvalue weighted by molar-refractivity contribution is 0.307. The van der Waals surface area contributed by atoms with Crippen molar-refractivity contribution in [1.82, 2.24) is 5.32 Å². The van der Waals surface area contributed by atoms with Crippen LogP contribution in [0.1, 0.15) is 46.5 Å². The summed E-state index contributed by atoms with van der Waals surface area (Å²) in [5.41, 5.74) is 0.414. The molecule has 0 aromatic rings. The normalized spacial score (nSPS) is 11.7. The molecule has 0 saturated carbocycles. The third-order valence-corrected chi connectivity index (χ3v) is 2.66. The van der Waals surface area contributed by atoms with Crippen LogP contribution < -0.4 is 5.32 Å². The summed E-state index contributed by atoms with van der Waals surface area (Å²) >= 11 is 3.35. The monoisotopic (exact) mass is 261 g/mol. The minimum absolute atomic E-state index is 0.414. The van der Waals surface area contributed by atoms with Crippen molar-refractivity contribution in [3.05, 3.63) is 11.1 Å². The van der Waals surface area contributed by atoms with Gasteiger partial charge < -0.3 is 5.32 Å². The molecule has 1 nitrogen and oxygen atoms in total. The van der Waals surface area contributed by atoms with Gasteiger partial charge in [-0.05, 0) is 11.8 Å². The molecule has 0 aromatic heterocycles. The van der Waals surface area contributed by atoms with Crippen molar-refractivity contribution in [2.24, 2.45) is 5.41 Å². The van der Waals surface area contributed by atoms with Gasteiger partial charge in [-0.2, -0.15) is 0 Å². The molecule has 0 saturated heterocycles. The number of rotatable bonds is 8. The summed E-state index contributed by atoms with van der Waals surface area (Å²) in [5.74, 6) is 0. The Labute approximate surface area is 97.5 Å². The Morgan fingerprint density at radius 2 is 2.00 bits per heavy atom. The number of halogens is 1. The highest BCUT2D eigenvalue weighted by molar-refractivity contribution is 9.11. The van der Waals surface area contributed by atoms with Crippen LogP contribution in [0.5, 0.6) is 0 Å². The van der Waals surface area contributed by atoms with E-state index in [0.29, 0.717) is 5.41 Å². The molecule has 0 aromatic carbocycles. The van der Waals surface area contributed by atoms with Gasteiger partial charge in [0.05, 0.1) is 0 Å². The van der Waals surface area contributed by atoms with Crippen molar-refractivity contribution in [3.63, 3.8) is 0 Å². The molecule has 0 atom stereocenters. The predicted octanol–water partition coefficient (Wildman–Crippen LogP) is 4.09. The molecule has 0 unspecified atom stereocenters. The lowest BCUT2D eigenvalue weighted by Gasteiger charge is -2.25. The van der Waals surface area contributed by atoms with Crippen molar-refractivity contribution < 1.29 is 0 Å². The Morgan fingerprint density at radius 3 is 2.50 bits per heavy atom. The number of unbranched alkanes of at least 4 members (excludes halogenated alkanes) is 2. The fourth-order valence-corrected chi connectivity index (χ4v) is 1.68. The molecule has 0 heterocycles. The van der Waals surface area contributed by atoms with Gasteiger partial charge in [0.1, 0.15) is 0 Å². The molecular weight excluding hydrogens is 238 g/mol. The Hall–Kier alpha value is 0.180. The van der Waals surface area contributed by atoms with Gasteiger partial charge >= 0.3 is 0 Å². The van der Waals surface area contributed by atoms with E-state index in [9.17, 15) is 0 Å². The van der Waals surface area contributed by atoms with E-state index in [-0.39, 0.29) is 0 Å². The smallest absolute Gasteiger partial charge is 0.0265 e.